The van der Waals surface area contributed by atoms with Gasteiger partial charge in [-0.2, -0.15) is 0 Å². The number of hydrogen-bond acceptors (Lipinski definition) is 3. The van der Waals surface area contributed by atoms with Crippen molar-refractivity contribution >= 4 is 6.09 Å². The van der Waals surface area contributed by atoms with Gasteiger partial charge in [-0.05, 0) is 30.1 Å². The number of ether oxygens (including phenoxy) is 1. The van der Waals surface area contributed by atoms with Gasteiger partial charge in [0.15, 0.2) is 0 Å². The van der Waals surface area contributed by atoms with Crippen LogP contribution in [0.5, 0.6) is 0 Å². The van der Waals surface area contributed by atoms with E-state index in [-0.39, 0.29) is 0 Å². The van der Waals surface area contributed by atoms with Gasteiger partial charge in [-0.15, -0.1) is 0 Å². The van der Waals surface area contributed by atoms with Crippen LogP contribution >= 0.6 is 0 Å². The van der Waals surface area contributed by atoms with Crippen LogP contribution in [0.25, 0.3) is 0 Å². The average Bonchev–Trinajstić information content (AvgIpc) is 2.28. The molecule has 1 saturated carbocycles. The molecule has 90 valence electrons. The average molecular weight is 225 g/mol. The quantitative estimate of drug-likeness (QED) is 0.440. The largest absolute Gasteiger partial charge is 0.448 e. The zero-order chi connectivity index (χ0) is 11.8. The van der Waals surface area contributed by atoms with E-state index in [4.69, 9.17) is 9.94 Å². The predicted octanol–water partition coefficient (Wildman–Crippen LogP) is 2.48. The standard InChI is InChI=1S/C12H19NO3/c1-12(2)9-4-3-8(10(12)7-9)5-6-16-11(14)13-15/h3,9-10,15H,4-7H2,1-2H3,(H,13,14)/t9-,10-/m0/s1. The Bertz CT molecular complexity index is 322. The van der Waals surface area contributed by atoms with Crippen LogP contribution in [-0.4, -0.2) is 17.9 Å². The van der Waals surface area contributed by atoms with Gasteiger partial charge in [0.25, 0.3) is 0 Å². The molecule has 0 aromatic rings. The highest BCUT2D eigenvalue weighted by atomic mass is 16.6. The SMILES string of the molecule is CC1(C)[C@H]2CC=C(CCOC(=O)NO)[C@@H]1C2. The predicted molar refractivity (Wildman–Crippen MR) is 59.0 cm³/mol. The number of allylic oxidation sites excluding steroid dienone is 1. The number of nitrogens with one attached hydrogen (secondary N) is 1. The zero-order valence-electron chi connectivity index (χ0n) is 9.82. The van der Waals surface area contributed by atoms with Crippen molar-refractivity contribution in [2.24, 2.45) is 17.3 Å². The molecular weight excluding hydrogens is 206 g/mol. The van der Waals surface area contributed by atoms with E-state index < -0.39 is 6.09 Å². The zero-order valence-corrected chi connectivity index (χ0v) is 9.82. The van der Waals surface area contributed by atoms with E-state index in [1.165, 1.54) is 17.5 Å². The Labute approximate surface area is 95.6 Å². The molecule has 4 nitrogen and oxygen atoms in total. The van der Waals surface area contributed by atoms with Crippen LogP contribution in [0.1, 0.15) is 33.1 Å². The molecule has 2 bridgehead atoms. The summed E-state index contributed by atoms with van der Waals surface area (Å²) >= 11 is 0. The fourth-order valence-corrected chi connectivity index (χ4v) is 3.05. The third-order valence-electron chi connectivity index (χ3n) is 4.30. The third-order valence-corrected chi connectivity index (χ3v) is 4.30. The maximum absolute atomic E-state index is 10.7. The first-order chi connectivity index (χ1) is 7.55. The number of hydroxylamine groups is 1. The second-order valence-corrected chi connectivity index (χ2v) is 5.32. The van der Waals surface area contributed by atoms with Crippen molar-refractivity contribution in [3.05, 3.63) is 11.6 Å². The molecule has 0 saturated heterocycles. The Kier molecular flexibility index (Phi) is 2.93. The van der Waals surface area contributed by atoms with Gasteiger partial charge in [-0.25, -0.2) is 10.3 Å². The normalized spacial score (nSPS) is 30.1. The van der Waals surface area contributed by atoms with Gasteiger partial charge in [0.2, 0.25) is 0 Å². The number of fused-ring (bicyclic) bond motifs is 1. The minimum absolute atomic E-state index is 0.343. The van der Waals surface area contributed by atoms with Crippen molar-refractivity contribution in [1.82, 2.24) is 5.48 Å². The molecule has 0 aromatic carbocycles. The molecule has 3 aliphatic rings. The molecule has 16 heavy (non-hydrogen) atoms. The smallest absolute Gasteiger partial charge is 0.431 e. The molecule has 0 spiro atoms. The Morgan fingerprint density at radius 2 is 2.44 bits per heavy atom. The lowest BCUT2D eigenvalue weighted by Crippen LogP contribution is -2.48. The fourth-order valence-electron chi connectivity index (χ4n) is 3.05. The van der Waals surface area contributed by atoms with Crippen LogP contribution in [0.4, 0.5) is 4.79 Å². The molecule has 2 N–H and O–H groups in total. The van der Waals surface area contributed by atoms with Crippen LogP contribution in [0.3, 0.4) is 0 Å². The fraction of sp³-hybridized carbons (Fsp3) is 0.750. The first-order valence-electron chi connectivity index (χ1n) is 5.81. The Balaban J connectivity index is 1.83. The molecule has 0 aliphatic heterocycles. The van der Waals surface area contributed by atoms with Crippen LogP contribution in [0.2, 0.25) is 0 Å². The Hall–Kier alpha value is -1.03. The van der Waals surface area contributed by atoms with Crippen molar-refractivity contribution < 1.29 is 14.7 Å². The van der Waals surface area contributed by atoms with Crippen molar-refractivity contribution in [3.63, 3.8) is 0 Å². The maximum Gasteiger partial charge on any atom is 0.431 e. The molecule has 0 unspecified atom stereocenters. The second kappa shape index (κ2) is 4.09. The van der Waals surface area contributed by atoms with Crippen molar-refractivity contribution in [2.45, 2.75) is 33.1 Å². The van der Waals surface area contributed by atoms with Crippen LogP contribution in [0, 0.1) is 17.3 Å². The van der Waals surface area contributed by atoms with Crippen LogP contribution < -0.4 is 5.48 Å². The Morgan fingerprint density at radius 3 is 3.00 bits per heavy atom. The summed E-state index contributed by atoms with van der Waals surface area (Å²) in [4.78, 5) is 10.7. The molecule has 0 radical (unpaired) electrons. The highest BCUT2D eigenvalue weighted by molar-refractivity contribution is 5.65. The minimum Gasteiger partial charge on any atom is -0.448 e. The topological polar surface area (TPSA) is 58.6 Å². The van der Waals surface area contributed by atoms with Crippen molar-refractivity contribution in [2.75, 3.05) is 6.61 Å². The minimum atomic E-state index is -0.776. The number of carbonyl (C=O) groups excluding carboxylic acids is 1. The van der Waals surface area contributed by atoms with Crippen LogP contribution in [0.15, 0.2) is 11.6 Å². The van der Waals surface area contributed by atoms with Gasteiger partial charge < -0.3 is 4.74 Å². The molecule has 1 fully saturated rings. The summed E-state index contributed by atoms with van der Waals surface area (Å²) in [5.41, 5.74) is 3.29. The molecule has 3 aliphatic carbocycles. The molecule has 0 aromatic heterocycles. The van der Waals surface area contributed by atoms with Gasteiger partial charge in [-0.1, -0.05) is 25.5 Å². The lowest BCUT2D eigenvalue weighted by atomic mass is 9.48. The molecule has 2 atom stereocenters. The van der Waals surface area contributed by atoms with E-state index in [1.807, 2.05) is 0 Å². The number of amides is 1. The van der Waals surface area contributed by atoms with Gasteiger partial charge in [0.1, 0.15) is 0 Å². The highest BCUT2D eigenvalue weighted by Gasteiger charge is 2.50. The van der Waals surface area contributed by atoms with E-state index in [0.29, 0.717) is 17.9 Å². The summed E-state index contributed by atoms with van der Waals surface area (Å²) in [6.45, 7) is 4.98. The van der Waals surface area contributed by atoms with Gasteiger partial charge in [-0.3, -0.25) is 5.21 Å². The molecule has 1 amide bonds. The van der Waals surface area contributed by atoms with E-state index in [2.05, 4.69) is 19.9 Å². The van der Waals surface area contributed by atoms with E-state index in [0.717, 1.165) is 18.8 Å². The summed E-state index contributed by atoms with van der Waals surface area (Å²) < 4.78 is 4.79. The van der Waals surface area contributed by atoms with Gasteiger partial charge >= 0.3 is 6.09 Å². The Morgan fingerprint density at radius 1 is 1.69 bits per heavy atom. The lowest BCUT2D eigenvalue weighted by molar-refractivity contribution is -0.0101. The first-order valence-corrected chi connectivity index (χ1v) is 5.81. The second-order valence-electron chi connectivity index (χ2n) is 5.32. The summed E-state index contributed by atoms with van der Waals surface area (Å²) in [6, 6.07) is 0. The number of carbonyl (C=O) groups is 1. The van der Waals surface area contributed by atoms with Gasteiger partial charge in [0, 0.05) is 6.42 Å². The molecular formula is C12H19NO3. The first kappa shape index (κ1) is 11.5. The van der Waals surface area contributed by atoms with Crippen molar-refractivity contribution in [3.8, 4) is 0 Å². The third kappa shape index (κ3) is 1.82. The maximum atomic E-state index is 10.7. The molecule has 4 heteroatoms. The van der Waals surface area contributed by atoms with Crippen LogP contribution in [-0.2, 0) is 4.74 Å². The summed E-state index contributed by atoms with van der Waals surface area (Å²) in [7, 11) is 0. The summed E-state index contributed by atoms with van der Waals surface area (Å²) in [5.74, 6) is 1.50. The van der Waals surface area contributed by atoms with E-state index in [9.17, 15) is 4.79 Å². The van der Waals surface area contributed by atoms with E-state index >= 15 is 0 Å². The molecule has 0 heterocycles. The van der Waals surface area contributed by atoms with Gasteiger partial charge in [0.05, 0.1) is 6.61 Å². The number of rotatable bonds is 3. The lowest BCUT2D eigenvalue weighted by Gasteiger charge is -2.56. The highest BCUT2D eigenvalue weighted by Crippen LogP contribution is 2.59. The number of hydrogen-bond donors (Lipinski definition) is 2. The summed E-state index contributed by atoms with van der Waals surface area (Å²) in [6.07, 6.45) is 4.75. The monoisotopic (exact) mass is 225 g/mol. The molecule has 3 rings (SSSR count). The summed E-state index contributed by atoms with van der Waals surface area (Å²) in [5, 5.41) is 8.28. The van der Waals surface area contributed by atoms with Crippen molar-refractivity contribution in [1.29, 1.82) is 0 Å². The van der Waals surface area contributed by atoms with E-state index in [1.54, 1.807) is 0 Å².